The average molecular weight is 388 g/mol. The van der Waals surface area contributed by atoms with Gasteiger partial charge in [-0.3, -0.25) is 9.59 Å². The molecule has 8 atom stereocenters. The highest BCUT2D eigenvalue weighted by atomic mass is 16.7. The number of Topliss-reactive ketones (excluding diaryl/α,β-unsaturated/α-hetero) is 1. The minimum Gasteiger partial charge on any atom is -0.481 e. The van der Waals surface area contributed by atoms with Crippen molar-refractivity contribution in [2.45, 2.75) is 69.4 Å². The maximum atomic E-state index is 12.0. The average Bonchev–Trinajstić information content (AvgIpc) is 2.95. The minimum atomic E-state index is -1.51. The molecule has 1 heterocycles. The number of carbonyl (C=O) groups is 2. The highest BCUT2D eigenvalue weighted by molar-refractivity contribution is 5.84. The number of ether oxygens (including phenoxy) is 2. The van der Waals surface area contributed by atoms with Gasteiger partial charge in [0.25, 0.3) is 0 Å². The fraction of sp³-hybridized carbons (Fsp3) is 0.778. The first kappa shape index (κ1) is 21.9. The van der Waals surface area contributed by atoms with Gasteiger partial charge in [0.15, 0.2) is 6.29 Å². The highest BCUT2D eigenvalue weighted by Gasteiger charge is 2.44. The Labute approximate surface area is 157 Å². The van der Waals surface area contributed by atoms with Gasteiger partial charge in [-0.15, -0.1) is 0 Å². The van der Waals surface area contributed by atoms with Crippen molar-refractivity contribution in [3.8, 4) is 0 Å². The minimum absolute atomic E-state index is 0.0266. The zero-order chi connectivity index (χ0) is 20.1. The Hall–Kier alpha value is -1.36. The van der Waals surface area contributed by atoms with Crippen LogP contribution < -0.4 is 0 Å². The number of rotatable bonds is 8. The van der Waals surface area contributed by atoms with Crippen LogP contribution >= 0.6 is 0 Å². The van der Waals surface area contributed by atoms with Crippen molar-refractivity contribution in [2.24, 2.45) is 11.8 Å². The topological polar surface area (TPSA) is 154 Å². The lowest BCUT2D eigenvalue weighted by atomic mass is 9.89. The Morgan fingerprint density at radius 1 is 1.30 bits per heavy atom. The Balaban J connectivity index is 1.88. The Kier molecular flexibility index (Phi) is 7.90. The van der Waals surface area contributed by atoms with E-state index in [1.165, 1.54) is 0 Å². The molecule has 2 fully saturated rings. The largest absolute Gasteiger partial charge is 0.481 e. The molecule has 2 aliphatic rings. The van der Waals surface area contributed by atoms with Gasteiger partial charge in [-0.1, -0.05) is 12.2 Å². The molecule has 0 aromatic heterocycles. The first-order valence-electron chi connectivity index (χ1n) is 9.11. The zero-order valence-corrected chi connectivity index (χ0v) is 15.2. The second-order valence-electron chi connectivity index (χ2n) is 7.17. The number of hydrogen-bond acceptors (Lipinski definition) is 8. The fourth-order valence-electron chi connectivity index (χ4n) is 3.62. The van der Waals surface area contributed by atoms with Crippen LogP contribution in [0.2, 0.25) is 0 Å². The van der Waals surface area contributed by atoms with Crippen molar-refractivity contribution in [2.75, 3.05) is 6.61 Å². The van der Waals surface area contributed by atoms with Crippen molar-refractivity contribution < 1.29 is 44.6 Å². The molecule has 0 aromatic rings. The van der Waals surface area contributed by atoms with Gasteiger partial charge < -0.3 is 35.0 Å². The highest BCUT2D eigenvalue weighted by Crippen LogP contribution is 2.34. The van der Waals surface area contributed by atoms with Crippen molar-refractivity contribution >= 4 is 11.8 Å². The number of allylic oxidation sites excluding steroid dienone is 1. The van der Waals surface area contributed by atoms with Crippen LogP contribution in [0, 0.1) is 11.8 Å². The maximum absolute atomic E-state index is 12.0. The summed E-state index contributed by atoms with van der Waals surface area (Å²) in [7, 11) is 0. The predicted molar refractivity (Wildman–Crippen MR) is 91.5 cm³/mol. The van der Waals surface area contributed by atoms with E-state index in [-0.39, 0.29) is 24.0 Å². The second kappa shape index (κ2) is 9.72. The van der Waals surface area contributed by atoms with Crippen LogP contribution in [0.1, 0.15) is 32.6 Å². The van der Waals surface area contributed by atoms with E-state index in [1.807, 2.05) is 0 Å². The molecule has 3 unspecified atom stereocenters. The molecular formula is C18H28O9. The second-order valence-corrected chi connectivity index (χ2v) is 7.17. The number of carboxylic acids is 1. The summed E-state index contributed by atoms with van der Waals surface area (Å²) in [5.74, 6) is -1.34. The Morgan fingerprint density at radius 3 is 2.63 bits per heavy atom. The molecule has 0 aromatic carbocycles. The van der Waals surface area contributed by atoms with Gasteiger partial charge in [0, 0.05) is 18.8 Å². The van der Waals surface area contributed by atoms with Gasteiger partial charge in [-0.2, -0.15) is 0 Å². The molecule has 0 bridgehead atoms. The molecule has 1 aliphatic carbocycles. The SMILES string of the molecule is CC(C=CCC1C(=O)CCC1CC(=O)O)O[C@@H]1O[C@H](CO)[C@@H](O)[C@H](O)[C@H]1O. The lowest BCUT2D eigenvalue weighted by Gasteiger charge is -2.40. The van der Waals surface area contributed by atoms with Gasteiger partial charge in [0.05, 0.1) is 12.7 Å². The van der Waals surface area contributed by atoms with E-state index in [9.17, 15) is 30.0 Å². The van der Waals surface area contributed by atoms with E-state index in [0.29, 0.717) is 19.3 Å². The molecule has 154 valence electrons. The van der Waals surface area contributed by atoms with Crippen molar-refractivity contribution in [3.05, 3.63) is 12.2 Å². The van der Waals surface area contributed by atoms with Crippen LogP contribution in [0.5, 0.6) is 0 Å². The molecule has 0 spiro atoms. The first-order chi connectivity index (χ1) is 12.7. The molecule has 27 heavy (non-hydrogen) atoms. The summed E-state index contributed by atoms with van der Waals surface area (Å²) in [5, 5.41) is 47.6. The van der Waals surface area contributed by atoms with Gasteiger partial charge >= 0.3 is 5.97 Å². The molecule has 0 amide bonds. The van der Waals surface area contributed by atoms with E-state index in [2.05, 4.69) is 0 Å². The number of aliphatic carboxylic acids is 1. The van der Waals surface area contributed by atoms with Crippen LogP contribution in [-0.2, 0) is 19.1 Å². The molecule has 5 N–H and O–H groups in total. The Morgan fingerprint density at radius 2 is 2.00 bits per heavy atom. The van der Waals surface area contributed by atoms with Crippen molar-refractivity contribution in [3.63, 3.8) is 0 Å². The summed E-state index contributed by atoms with van der Waals surface area (Å²) in [6, 6.07) is 0. The summed E-state index contributed by atoms with van der Waals surface area (Å²) in [6.07, 6.45) is -2.50. The normalized spacial score (nSPS) is 38.4. The summed E-state index contributed by atoms with van der Waals surface area (Å²) >= 11 is 0. The number of ketones is 1. The van der Waals surface area contributed by atoms with Crippen molar-refractivity contribution in [1.82, 2.24) is 0 Å². The summed E-state index contributed by atoms with van der Waals surface area (Å²) in [6.45, 7) is 1.13. The molecule has 0 radical (unpaired) electrons. The third-order valence-corrected chi connectivity index (χ3v) is 5.18. The summed E-state index contributed by atoms with van der Waals surface area (Å²) < 4.78 is 10.8. The van der Waals surface area contributed by atoms with E-state index < -0.39 is 49.4 Å². The third-order valence-electron chi connectivity index (χ3n) is 5.18. The van der Waals surface area contributed by atoms with Gasteiger partial charge in [0.1, 0.15) is 30.2 Å². The van der Waals surface area contributed by atoms with Crippen molar-refractivity contribution in [1.29, 1.82) is 0 Å². The van der Waals surface area contributed by atoms with Gasteiger partial charge in [-0.25, -0.2) is 0 Å². The summed E-state index contributed by atoms with van der Waals surface area (Å²) in [4.78, 5) is 22.9. The summed E-state index contributed by atoms with van der Waals surface area (Å²) in [5.41, 5.74) is 0. The molecule has 1 saturated carbocycles. The van der Waals surface area contributed by atoms with Crippen LogP contribution in [0.4, 0.5) is 0 Å². The van der Waals surface area contributed by atoms with E-state index >= 15 is 0 Å². The van der Waals surface area contributed by atoms with Crippen LogP contribution in [0.3, 0.4) is 0 Å². The maximum Gasteiger partial charge on any atom is 0.303 e. The number of carboxylic acid groups (broad SMARTS) is 1. The van der Waals surface area contributed by atoms with E-state index in [4.69, 9.17) is 14.6 Å². The molecule has 2 rings (SSSR count). The van der Waals surface area contributed by atoms with Gasteiger partial charge in [-0.05, 0) is 25.7 Å². The molecule has 9 heteroatoms. The zero-order valence-electron chi connectivity index (χ0n) is 15.2. The number of aliphatic hydroxyl groups is 4. The van der Waals surface area contributed by atoms with E-state index in [0.717, 1.165) is 0 Å². The lowest BCUT2D eigenvalue weighted by molar-refractivity contribution is -0.306. The molecule has 1 saturated heterocycles. The van der Waals surface area contributed by atoms with Crippen LogP contribution in [-0.4, -0.2) is 80.7 Å². The standard InChI is InChI=1S/C18H28O9/c1-9(26-18-17(25)16(24)15(23)13(8-19)27-18)3-2-4-11-10(7-14(21)22)5-6-12(11)20/h2-3,9-11,13,15-19,23-25H,4-8H2,1H3,(H,21,22)/t9?,10?,11?,13-,15-,16+,17-,18-/m1/s1. The number of hydrogen-bond donors (Lipinski definition) is 5. The molecule has 9 nitrogen and oxygen atoms in total. The van der Waals surface area contributed by atoms with Gasteiger partial charge in [0.2, 0.25) is 0 Å². The van der Waals surface area contributed by atoms with Crippen LogP contribution in [0.15, 0.2) is 12.2 Å². The molecule has 1 aliphatic heterocycles. The quantitative estimate of drug-likeness (QED) is 0.336. The first-order valence-corrected chi connectivity index (χ1v) is 9.11. The monoisotopic (exact) mass is 388 g/mol. The predicted octanol–water partition coefficient (Wildman–Crippen LogP) is -0.792. The fourth-order valence-corrected chi connectivity index (χ4v) is 3.62. The third kappa shape index (κ3) is 5.56. The molecular weight excluding hydrogens is 360 g/mol. The number of aliphatic hydroxyl groups excluding tert-OH is 4. The van der Waals surface area contributed by atoms with E-state index in [1.54, 1.807) is 19.1 Å². The lowest BCUT2D eigenvalue weighted by Crippen LogP contribution is -2.59. The number of carbonyl (C=O) groups excluding carboxylic acids is 1. The Bertz CT molecular complexity index is 547. The van der Waals surface area contributed by atoms with Crippen LogP contribution in [0.25, 0.3) is 0 Å². The smallest absolute Gasteiger partial charge is 0.303 e.